The molecule has 1 unspecified atom stereocenters. The molecule has 0 aromatic heterocycles. The van der Waals surface area contributed by atoms with Gasteiger partial charge in [-0.25, -0.2) is 0 Å². The Hall–Kier alpha value is -0.830. The maximum Gasteiger partial charge on any atom is 0.254 e. The molecule has 2 rings (SSSR count). The van der Waals surface area contributed by atoms with Gasteiger partial charge in [0.05, 0.1) is 0 Å². The molecule has 0 aliphatic carbocycles. The number of carbonyl (C=O) groups is 1. The third-order valence-corrected chi connectivity index (χ3v) is 4.07. The lowest BCUT2D eigenvalue weighted by atomic mass is 10.0. The molecule has 1 saturated heterocycles. The Morgan fingerprint density at radius 3 is 2.65 bits per heavy atom. The van der Waals surface area contributed by atoms with Crippen LogP contribution in [0.3, 0.4) is 0 Å². The maximum atomic E-state index is 12.3. The van der Waals surface area contributed by atoms with Gasteiger partial charge in [-0.05, 0) is 43.9 Å². The number of alkyl halides is 1. The van der Waals surface area contributed by atoms with Crippen LogP contribution in [0.25, 0.3) is 0 Å². The summed E-state index contributed by atoms with van der Waals surface area (Å²) in [4.78, 5) is 14.3. The molecule has 2 nitrogen and oxygen atoms in total. The van der Waals surface area contributed by atoms with Gasteiger partial charge in [-0.15, -0.1) is 0 Å². The summed E-state index contributed by atoms with van der Waals surface area (Å²) in [5.74, 6) is 0.179. The smallest absolute Gasteiger partial charge is 0.254 e. The fourth-order valence-electron chi connectivity index (χ4n) is 2.30. The van der Waals surface area contributed by atoms with Crippen molar-refractivity contribution in [3.63, 3.8) is 0 Å². The van der Waals surface area contributed by atoms with Gasteiger partial charge in [0.1, 0.15) is 0 Å². The molecule has 0 saturated carbocycles. The first-order valence-electron chi connectivity index (χ1n) is 6.18. The van der Waals surface area contributed by atoms with E-state index in [-0.39, 0.29) is 5.91 Å². The minimum absolute atomic E-state index is 0.179. The zero-order valence-electron chi connectivity index (χ0n) is 10.2. The fraction of sp³-hybridized carbons (Fsp3) is 0.500. The van der Waals surface area contributed by atoms with Gasteiger partial charge in [0.25, 0.3) is 5.91 Å². The van der Waals surface area contributed by atoms with Crippen LogP contribution in [0.2, 0.25) is 0 Å². The number of amides is 1. The monoisotopic (exact) mass is 295 g/mol. The molecule has 0 radical (unpaired) electrons. The van der Waals surface area contributed by atoms with E-state index in [1.54, 1.807) is 0 Å². The molecule has 1 fully saturated rings. The molecule has 1 aliphatic heterocycles. The van der Waals surface area contributed by atoms with Crippen molar-refractivity contribution in [3.8, 4) is 0 Å². The molecule has 0 bridgehead atoms. The topological polar surface area (TPSA) is 20.3 Å². The molecule has 1 aliphatic rings. The molecule has 1 atom stereocenters. The summed E-state index contributed by atoms with van der Waals surface area (Å²) in [6.45, 7) is 3.05. The maximum absolute atomic E-state index is 12.3. The second-order valence-corrected chi connectivity index (χ2v) is 5.23. The van der Waals surface area contributed by atoms with Crippen LogP contribution >= 0.6 is 15.9 Å². The van der Waals surface area contributed by atoms with E-state index < -0.39 is 0 Å². The van der Waals surface area contributed by atoms with E-state index in [1.165, 1.54) is 12.0 Å². The highest BCUT2D eigenvalue weighted by atomic mass is 79.9. The number of rotatable bonds is 2. The van der Waals surface area contributed by atoms with Crippen molar-refractivity contribution in [1.82, 2.24) is 4.90 Å². The van der Waals surface area contributed by atoms with Gasteiger partial charge >= 0.3 is 0 Å². The molecule has 1 heterocycles. The minimum Gasteiger partial charge on any atom is -0.336 e. The third-order valence-electron chi connectivity index (χ3n) is 3.42. The Labute approximate surface area is 111 Å². The highest BCUT2D eigenvalue weighted by Gasteiger charge is 2.23. The predicted octanol–water partition coefficient (Wildman–Crippen LogP) is 3.60. The Morgan fingerprint density at radius 2 is 2.06 bits per heavy atom. The Balaban J connectivity index is 2.12. The lowest BCUT2D eigenvalue weighted by molar-refractivity contribution is 0.0635. The first-order chi connectivity index (χ1) is 8.22. The van der Waals surface area contributed by atoms with Crippen LogP contribution in [0, 0.1) is 0 Å². The summed E-state index contributed by atoms with van der Waals surface area (Å²) in [6, 6.07) is 8.26. The van der Waals surface area contributed by atoms with E-state index in [9.17, 15) is 4.79 Å². The molecule has 1 amide bonds. The van der Waals surface area contributed by atoms with Crippen molar-refractivity contribution < 1.29 is 4.79 Å². The number of piperidine rings is 1. The van der Waals surface area contributed by atoms with Gasteiger partial charge < -0.3 is 4.90 Å². The van der Waals surface area contributed by atoms with Crippen molar-refractivity contribution in [3.05, 3.63) is 35.4 Å². The van der Waals surface area contributed by atoms with Crippen LogP contribution < -0.4 is 0 Å². The average molecular weight is 296 g/mol. The minimum atomic E-state index is 0.179. The van der Waals surface area contributed by atoms with Crippen LogP contribution in [0.1, 0.15) is 42.1 Å². The second-order valence-electron chi connectivity index (χ2n) is 4.67. The number of nitrogens with zero attached hydrogens (tertiary/aromatic N) is 1. The van der Waals surface area contributed by atoms with Crippen LogP contribution in [0.15, 0.2) is 24.3 Å². The van der Waals surface area contributed by atoms with Crippen molar-refractivity contribution in [2.45, 2.75) is 37.6 Å². The number of halogens is 1. The van der Waals surface area contributed by atoms with E-state index in [1.807, 2.05) is 29.2 Å². The first kappa shape index (κ1) is 12.6. The molecule has 0 N–H and O–H groups in total. The summed E-state index contributed by atoms with van der Waals surface area (Å²) in [6.07, 6.45) is 3.51. The van der Waals surface area contributed by atoms with E-state index in [0.717, 1.165) is 30.3 Å². The molecule has 1 aromatic rings. The highest BCUT2D eigenvalue weighted by Crippen LogP contribution is 2.19. The summed E-state index contributed by atoms with van der Waals surface area (Å²) < 4.78 is 0. The molecular formula is C14H18BrNO. The lowest BCUT2D eigenvalue weighted by Gasteiger charge is -2.33. The first-order valence-corrected chi connectivity index (χ1v) is 7.30. The van der Waals surface area contributed by atoms with Crippen LogP contribution in [0.4, 0.5) is 0 Å². The largest absolute Gasteiger partial charge is 0.336 e. The normalized spacial score (nSPS) is 20.4. The number of hydrogen-bond donors (Lipinski definition) is 0. The predicted molar refractivity (Wildman–Crippen MR) is 73.4 cm³/mol. The number of carbonyl (C=O) groups excluding carboxylic acids is 1. The Kier molecular flexibility index (Phi) is 4.21. The van der Waals surface area contributed by atoms with Crippen LogP contribution in [0.5, 0.6) is 0 Å². The molecular weight excluding hydrogens is 278 g/mol. The highest BCUT2D eigenvalue weighted by molar-refractivity contribution is 9.08. The molecule has 17 heavy (non-hydrogen) atoms. The van der Waals surface area contributed by atoms with Gasteiger partial charge in [0.2, 0.25) is 0 Å². The van der Waals surface area contributed by atoms with Gasteiger partial charge in [-0.2, -0.15) is 0 Å². The van der Waals surface area contributed by atoms with E-state index >= 15 is 0 Å². The molecule has 92 valence electrons. The summed E-state index contributed by atoms with van der Waals surface area (Å²) in [5.41, 5.74) is 2.01. The molecule has 3 heteroatoms. The van der Waals surface area contributed by atoms with Crippen molar-refractivity contribution in [2.75, 3.05) is 6.54 Å². The molecule has 0 spiro atoms. The summed E-state index contributed by atoms with van der Waals surface area (Å²) in [5, 5.41) is 0.835. The van der Waals surface area contributed by atoms with Gasteiger partial charge in [-0.3, -0.25) is 4.79 Å². The number of benzene rings is 1. The number of likely N-dealkylation sites (tertiary alicyclic amines) is 1. The zero-order chi connectivity index (χ0) is 12.3. The van der Waals surface area contributed by atoms with E-state index in [4.69, 9.17) is 0 Å². The van der Waals surface area contributed by atoms with Gasteiger partial charge in [0, 0.05) is 23.5 Å². The van der Waals surface area contributed by atoms with Crippen molar-refractivity contribution in [2.24, 2.45) is 0 Å². The van der Waals surface area contributed by atoms with Gasteiger partial charge in [-0.1, -0.05) is 28.1 Å². The second kappa shape index (κ2) is 5.67. The van der Waals surface area contributed by atoms with Crippen molar-refractivity contribution >= 4 is 21.8 Å². The lowest BCUT2D eigenvalue weighted by Crippen LogP contribution is -2.42. The zero-order valence-corrected chi connectivity index (χ0v) is 11.7. The molecule has 1 aromatic carbocycles. The Bertz CT molecular complexity index is 388. The quantitative estimate of drug-likeness (QED) is 0.764. The fourth-order valence-corrected chi connectivity index (χ4v) is 2.68. The number of hydrogen-bond acceptors (Lipinski definition) is 1. The van der Waals surface area contributed by atoms with Crippen LogP contribution in [-0.4, -0.2) is 23.4 Å². The van der Waals surface area contributed by atoms with E-state index in [2.05, 4.69) is 22.9 Å². The summed E-state index contributed by atoms with van der Waals surface area (Å²) >= 11 is 3.41. The third kappa shape index (κ3) is 2.89. The van der Waals surface area contributed by atoms with Crippen LogP contribution in [-0.2, 0) is 5.33 Å². The SMILES string of the molecule is CC1CCCCN1C(=O)c1ccc(CBr)cc1. The Morgan fingerprint density at radius 1 is 1.35 bits per heavy atom. The average Bonchev–Trinajstić information content (AvgIpc) is 2.39. The van der Waals surface area contributed by atoms with E-state index in [0.29, 0.717) is 6.04 Å². The van der Waals surface area contributed by atoms with Gasteiger partial charge in [0.15, 0.2) is 0 Å². The summed E-state index contributed by atoms with van der Waals surface area (Å²) in [7, 11) is 0. The van der Waals surface area contributed by atoms with Crippen molar-refractivity contribution in [1.29, 1.82) is 0 Å². The standard InChI is InChI=1S/C14H18BrNO/c1-11-4-2-3-9-16(11)14(17)13-7-5-12(10-15)6-8-13/h5-8,11H,2-4,9-10H2,1H3.